The molecular formula is C49H28N4O2. The Bertz CT molecular complexity index is 3500. The molecule has 4 aromatic heterocycles. The van der Waals surface area contributed by atoms with Crippen LogP contribution in [-0.4, -0.2) is 19.5 Å². The lowest BCUT2D eigenvalue weighted by molar-refractivity contribution is 0.669. The van der Waals surface area contributed by atoms with Crippen LogP contribution in [0.25, 0.3) is 116 Å². The van der Waals surface area contributed by atoms with Gasteiger partial charge >= 0.3 is 0 Å². The Morgan fingerprint density at radius 1 is 0.345 bits per heavy atom. The van der Waals surface area contributed by atoms with E-state index in [9.17, 15) is 0 Å². The maximum atomic E-state index is 6.62. The smallest absolute Gasteiger partial charge is 0.164 e. The highest BCUT2D eigenvalue weighted by Crippen LogP contribution is 2.42. The number of para-hydroxylation sites is 4. The fourth-order valence-corrected chi connectivity index (χ4v) is 8.50. The predicted octanol–water partition coefficient (Wildman–Crippen LogP) is 12.9. The van der Waals surface area contributed by atoms with E-state index in [0.29, 0.717) is 17.5 Å². The fraction of sp³-hybridized carbons (Fsp3) is 0. The average molecular weight is 705 g/mol. The minimum Gasteiger partial charge on any atom is -0.456 e. The van der Waals surface area contributed by atoms with Crippen LogP contribution in [0.4, 0.5) is 0 Å². The maximum Gasteiger partial charge on any atom is 0.164 e. The van der Waals surface area contributed by atoms with Gasteiger partial charge in [-0.2, -0.15) is 0 Å². The van der Waals surface area contributed by atoms with Crippen molar-refractivity contribution in [3.05, 3.63) is 170 Å². The number of nitrogens with zero attached hydrogens (tertiary/aromatic N) is 4. The predicted molar refractivity (Wildman–Crippen MR) is 223 cm³/mol. The van der Waals surface area contributed by atoms with Gasteiger partial charge < -0.3 is 13.4 Å². The zero-order valence-electron chi connectivity index (χ0n) is 29.3. The molecule has 0 aliphatic heterocycles. The van der Waals surface area contributed by atoms with Crippen LogP contribution < -0.4 is 0 Å². The molecule has 256 valence electrons. The van der Waals surface area contributed by atoms with Crippen molar-refractivity contribution in [3.63, 3.8) is 0 Å². The van der Waals surface area contributed by atoms with E-state index < -0.39 is 0 Å². The van der Waals surface area contributed by atoms with Gasteiger partial charge in [-0.25, -0.2) is 15.0 Å². The Hall–Kier alpha value is -7.57. The third kappa shape index (κ3) is 4.39. The van der Waals surface area contributed by atoms with Crippen molar-refractivity contribution >= 4 is 76.5 Å². The van der Waals surface area contributed by atoms with Crippen LogP contribution in [0.2, 0.25) is 0 Å². The summed E-state index contributed by atoms with van der Waals surface area (Å²) < 4.78 is 15.3. The van der Waals surface area contributed by atoms with Gasteiger partial charge in [0.2, 0.25) is 0 Å². The van der Waals surface area contributed by atoms with Crippen LogP contribution in [0, 0.1) is 0 Å². The van der Waals surface area contributed by atoms with E-state index in [4.69, 9.17) is 23.8 Å². The molecule has 12 aromatic rings. The van der Waals surface area contributed by atoms with Crippen LogP contribution in [0.1, 0.15) is 0 Å². The Morgan fingerprint density at radius 2 is 0.909 bits per heavy atom. The van der Waals surface area contributed by atoms with Crippen molar-refractivity contribution in [3.8, 4) is 39.9 Å². The van der Waals surface area contributed by atoms with E-state index in [1.165, 1.54) is 0 Å². The van der Waals surface area contributed by atoms with E-state index in [-0.39, 0.29) is 0 Å². The Morgan fingerprint density at radius 3 is 1.69 bits per heavy atom. The van der Waals surface area contributed by atoms with E-state index in [1.54, 1.807) is 0 Å². The summed E-state index contributed by atoms with van der Waals surface area (Å²) >= 11 is 0. The molecule has 0 aliphatic rings. The van der Waals surface area contributed by atoms with Gasteiger partial charge in [0.05, 0.1) is 11.0 Å². The second-order valence-corrected chi connectivity index (χ2v) is 13.9. The normalized spacial score (nSPS) is 12.0. The molecule has 55 heavy (non-hydrogen) atoms. The molecule has 0 radical (unpaired) electrons. The maximum absolute atomic E-state index is 6.62. The van der Waals surface area contributed by atoms with Gasteiger partial charge in [-0.3, -0.25) is 0 Å². The monoisotopic (exact) mass is 704 g/mol. The van der Waals surface area contributed by atoms with Crippen molar-refractivity contribution in [2.24, 2.45) is 0 Å². The molecule has 0 bridgehead atoms. The molecule has 0 N–H and O–H groups in total. The molecule has 0 spiro atoms. The van der Waals surface area contributed by atoms with E-state index >= 15 is 0 Å². The second-order valence-electron chi connectivity index (χ2n) is 13.9. The Balaban J connectivity index is 1.20. The summed E-state index contributed by atoms with van der Waals surface area (Å²) in [7, 11) is 0. The van der Waals surface area contributed by atoms with Crippen molar-refractivity contribution < 1.29 is 8.83 Å². The molecule has 0 amide bonds. The number of benzene rings is 8. The zero-order chi connectivity index (χ0) is 36.0. The average Bonchev–Trinajstić information content (AvgIpc) is 3.93. The van der Waals surface area contributed by atoms with Gasteiger partial charge in [-0.1, -0.05) is 121 Å². The van der Waals surface area contributed by atoms with Gasteiger partial charge in [0.25, 0.3) is 0 Å². The van der Waals surface area contributed by atoms with Gasteiger partial charge in [-0.15, -0.1) is 0 Å². The van der Waals surface area contributed by atoms with Gasteiger partial charge in [0.15, 0.2) is 17.5 Å². The highest BCUT2D eigenvalue weighted by molar-refractivity contribution is 6.19. The molecule has 6 nitrogen and oxygen atoms in total. The highest BCUT2D eigenvalue weighted by Gasteiger charge is 2.23. The van der Waals surface area contributed by atoms with Crippen molar-refractivity contribution in [2.75, 3.05) is 0 Å². The number of fused-ring (bicyclic) bond motifs is 11. The molecule has 0 unspecified atom stereocenters. The van der Waals surface area contributed by atoms with E-state index in [2.05, 4.69) is 120 Å². The second kappa shape index (κ2) is 11.5. The van der Waals surface area contributed by atoms with Gasteiger partial charge in [-0.05, 0) is 53.9 Å². The lowest BCUT2D eigenvalue weighted by Crippen LogP contribution is -2.01. The van der Waals surface area contributed by atoms with Crippen LogP contribution in [0.3, 0.4) is 0 Å². The van der Waals surface area contributed by atoms with Gasteiger partial charge in [0, 0.05) is 60.1 Å². The lowest BCUT2D eigenvalue weighted by Gasteiger charge is -2.12. The van der Waals surface area contributed by atoms with Crippen molar-refractivity contribution in [2.45, 2.75) is 0 Å². The number of hydrogen-bond donors (Lipinski definition) is 0. The molecular weight excluding hydrogens is 677 g/mol. The first-order chi connectivity index (χ1) is 27.3. The molecule has 0 saturated heterocycles. The summed E-state index contributed by atoms with van der Waals surface area (Å²) in [6, 6.07) is 58.4. The Labute approximate surface area is 313 Å². The van der Waals surface area contributed by atoms with Crippen LogP contribution >= 0.6 is 0 Å². The molecule has 8 aromatic carbocycles. The van der Waals surface area contributed by atoms with Crippen LogP contribution in [0.15, 0.2) is 179 Å². The third-order valence-electron chi connectivity index (χ3n) is 10.9. The fourth-order valence-electron chi connectivity index (χ4n) is 8.50. The SMILES string of the molecule is c1ccc(-n2c3ccccc3c3c(-c4nc(-c5cccc6oc7ccccc7c56)nc(-c5cccc6ccc7c8ccccc8oc7c56)n4)cccc32)cc1. The number of hydrogen-bond acceptors (Lipinski definition) is 5. The van der Waals surface area contributed by atoms with E-state index in [1.807, 2.05) is 54.6 Å². The first kappa shape index (κ1) is 29.9. The highest BCUT2D eigenvalue weighted by atomic mass is 16.3. The number of aromatic nitrogens is 4. The molecule has 0 saturated carbocycles. The lowest BCUT2D eigenvalue weighted by atomic mass is 10.00. The summed E-state index contributed by atoms with van der Waals surface area (Å²) in [5, 5.41) is 8.32. The molecule has 12 rings (SSSR count). The zero-order valence-corrected chi connectivity index (χ0v) is 29.3. The minimum atomic E-state index is 0.562. The summed E-state index contributed by atoms with van der Waals surface area (Å²) in [4.78, 5) is 16.1. The third-order valence-corrected chi connectivity index (χ3v) is 10.9. The van der Waals surface area contributed by atoms with Crippen LogP contribution in [-0.2, 0) is 0 Å². The molecule has 0 fully saturated rings. The summed E-state index contributed by atoms with van der Waals surface area (Å²) in [5.74, 6) is 1.71. The number of rotatable bonds is 4. The van der Waals surface area contributed by atoms with Gasteiger partial charge in [0.1, 0.15) is 22.3 Å². The first-order valence-electron chi connectivity index (χ1n) is 18.4. The van der Waals surface area contributed by atoms with Crippen LogP contribution in [0.5, 0.6) is 0 Å². The summed E-state index contributed by atoms with van der Waals surface area (Å²) in [6.07, 6.45) is 0. The first-order valence-corrected chi connectivity index (χ1v) is 18.4. The molecule has 6 heteroatoms. The summed E-state index contributed by atoms with van der Waals surface area (Å²) in [5.41, 5.74) is 9.20. The van der Waals surface area contributed by atoms with E-state index in [0.717, 1.165) is 98.8 Å². The van der Waals surface area contributed by atoms with Crippen molar-refractivity contribution in [1.29, 1.82) is 0 Å². The minimum absolute atomic E-state index is 0.562. The quantitative estimate of drug-likeness (QED) is 0.182. The molecule has 0 aliphatic carbocycles. The molecule has 4 heterocycles. The number of furan rings is 2. The Kier molecular flexibility index (Phi) is 6.24. The molecule has 0 atom stereocenters. The topological polar surface area (TPSA) is 69.9 Å². The largest absolute Gasteiger partial charge is 0.456 e. The summed E-state index contributed by atoms with van der Waals surface area (Å²) in [6.45, 7) is 0. The standard InChI is InChI=1S/C49H28N4O2/c1-2-14-30(15-3-1)53-38-22-7-4-17-33(38)44-36(20-11-23-39(44)53)48-50-47(51-49(52-48)37-21-12-26-42-45(37)34-18-6-9-25-41(34)54-42)35-19-10-13-29-27-28-32-31-16-5-8-24-40(31)55-46(32)43(29)35/h1-28H. The van der Waals surface area contributed by atoms with Crippen molar-refractivity contribution in [1.82, 2.24) is 19.5 Å².